The number of hydrogen-bond donors (Lipinski definition) is 0. The van der Waals surface area contributed by atoms with Gasteiger partial charge in [0.25, 0.3) is 5.91 Å². The number of rotatable bonds is 4. The number of halogens is 2. The number of hydrogen-bond acceptors (Lipinski definition) is 1. The third kappa shape index (κ3) is 3.02. The number of benzene rings is 1. The van der Waals surface area contributed by atoms with Gasteiger partial charge >= 0.3 is 0 Å². The molecule has 0 radical (unpaired) electrons. The molecule has 0 atom stereocenters. The SMILES string of the molecule is CCCN(C(=O)c1cccc(F)c1F)C(C)C. The van der Waals surface area contributed by atoms with Gasteiger partial charge < -0.3 is 4.90 Å². The van der Waals surface area contributed by atoms with Gasteiger partial charge in [-0.2, -0.15) is 0 Å². The lowest BCUT2D eigenvalue weighted by atomic mass is 10.1. The molecule has 0 saturated carbocycles. The average Bonchev–Trinajstić information content (AvgIpc) is 2.28. The lowest BCUT2D eigenvalue weighted by Gasteiger charge is -2.26. The van der Waals surface area contributed by atoms with Crippen LogP contribution in [-0.2, 0) is 0 Å². The van der Waals surface area contributed by atoms with Gasteiger partial charge in [-0.25, -0.2) is 8.78 Å². The number of amides is 1. The molecule has 2 nitrogen and oxygen atoms in total. The van der Waals surface area contributed by atoms with Crippen LogP contribution < -0.4 is 0 Å². The summed E-state index contributed by atoms with van der Waals surface area (Å²) in [6, 6.07) is 3.62. The molecule has 0 aliphatic carbocycles. The van der Waals surface area contributed by atoms with Crippen molar-refractivity contribution >= 4 is 5.91 Å². The topological polar surface area (TPSA) is 20.3 Å². The Bertz CT molecular complexity index is 404. The fraction of sp³-hybridized carbons (Fsp3) is 0.462. The summed E-state index contributed by atoms with van der Waals surface area (Å²) >= 11 is 0. The van der Waals surface area contributed by atoms with Crippen LogP contribution in [0.25, 0.3) is 0 Å². The van der Waals surface area contributed by atoms with Gasteiger partial charge in [0, 0.05) is 12.6 Å². The van der Waals surface area contributed by atoms with Gasteiger partial charge in [-0.3, -0.25) is 4.79 Å². The molecule has 0 aromatic heterocycles. The summed E-state index contributed by atoms with van der Waals surface area (Å²) in [5, 5.41) is 0. The molecule has 0 heterocycles. The summed E-state index contributed by atoms with van der Waals surface area (Å²) < 4.78 is 26.5. The number of carbonyl (C=O) groups is 1. The average molecular weight is 241 g/mol. The molecule has 0 N–H and O–H groups in total. The summed E-state index contributed by atoms with van der Waals surface area (Å²) in [5.74, 6) is -2.52. The van der Waals surface area contributed by atoms with Crippen molar-refractivity contribution in [1.82, 2.24) is 4.90 Å². The van der Waals surface area contributed by atoms with Gasteiger partial charge in [0.05, 0.1) is 5.56 Å². The van der Waals surface area contributed by atoms with E-state index in [-0.39, 0.29) is 11.6 Å². The minimum Gasteiger partial charge on any atom is -0.336 e. The third-order valence-corrected chi connectivity index (χ3v) is 2.53. The highest BCUT2D eigenvalue weighted by molar-refractivity contribution is 5.94. The second-order valence-electron chi connectivity index (χ2n) is 4.19. The molecule has 0 fully saturated rings. The Labute approximate surface area is 100 Å². The van der Waals surface area contributed by atoms with Gasteiger partial charge in [-0.05, 0) is 32.4 Å². The lowest BCUT2D eigenvalue weighted by molar-refractivity contribution is 0.0700. The Balaban J connectivity index is 3.05. The predicted octanol–water partition coefficient (Wildman–Crippen LogP) is 3.23. The normalized spacial score (nSPS) is 10.7. The monoisotopic (exact) mass is 241 g/mol. The second kappa shape index (κ2) is 5.75. The highest BCUT2D eigenvalue weighted by atomic mass is 19.2. The first-order valence-electron chi connectivity index (χ1n) is 5.74. The quantitative estimate of drug-likeness (QED) is 0.792. The third-order valence-electron chi connectivity index (χ3n) is 2.53. The van der Waals surface area contributed by atoms with Crippen LogP contribution in [0, 0.1) is 11.6 Å². The number of carbonyl (C=O) groups excluding carboxylic acids is 1. The Morgan fingerprint density at radius 1 is 1.35 bits per heavy atom. The zero-order valence-corrected chi connectivity index (χ0v) is 10.3. The summed E-state index contributed by atoms with van der Waals surface area (Å²) in [4.78, 5) is 13.6. The van der Waals surface area contributed by atoms with Gasteiger partial charge in [-0.15, -0.1) is 0 Å². The van der Waals surface area contributed by atoms with Gasteiger partial charge in [0.15, 0.2) is 11.6 Å². The van der Waals surface area contributed by atoms with E-state index in [1.54, 1.807) is 0 Å². The van der Waals surface area contributed by atoms with E-state index in [0.717, 1.165) is 12.5 Å². The van der Waals surface area contributed by atoms with Gasteiger partial charge in [-0.1, -0.05) is 13.0 Å². The van der Waals surface area contributed by atoms with Crippen molar-refractivity contribution in [3.8, 4) is 0 Å². The van der Waals surface area contributed by atoms with Crippen molar-refractivity contribution in [3.63, 3.8) is 0 Å². The summed E-state index contributed by atoms with van der Waals surface area (Å²) in [5.41, 5.74) is -0.202. The first-order valence-corrected chi connectivity index (χ1v) is 5.74. The second-order valence-corrected chi connectivity index (χ2v) is 4.19. The molecule has 4 heteroatoms. The smallest absolute Gasteiger partial charge is 0.257 e. The van der Waals surface area contributed by atoms with Crippen LogP contribution >= 0.6 is 0 Å². The zero-order chi connectivity index (χ0) is 13.0. The van der Waals surface area contributed by atoms with Crippen molar-refractivity contribution in [3.05, 3.63) is 35.4 Å². The zero-order valence-electron chi connectivity index (χ0n) is 10.3. The van der Waals surface area contributed by atoms with E-state index in [4.69, 9.17) is 0 Å². The maximum Gasteiger partial charge on any atom is 0.257 e. The molecule has 17 heavy (non-hydrogen) atoms. The predicted molar refractivity (Wildman–Crippen MR) is 62.8 cm³/mol. The van der Waals surface area contributed by atoms with Crippen LogP contribution in [0.5, 0.6) is 0 Å². The minimum absolute atomic E-state index is 0.0369. The van der Waals surface area contributed by atoms with Crippen molar-refractivity contribution < 1.29 is 13.6 Å². The van der Waals surface area contributed by atoms with E-state index in [1.807, 2.05) is 20.8 Å². The van der Waals surface area contributed by atoms with Crippen LogP contribution in [0.4, 0.5) is 8.78 Å². The molecule has 0 saturated heterocycles. The van der Waals surface area contributed by atoms with Crippen molar-refractivity contribution in [1.29, 1.82) is 0 Å². The minimum atomic E-state index is -1.07. The van der Waals surface area contributed by atoms with E-state index < -0.39 is 17.5 Å². The maximum absolute atomic E-state index is 13.5. The molecule has 94 valence electrons. The summed E-state index contributed by atoms with van der Waals surface area (Å²) in [7, 11) is 0. The molecule has 1 aromatic rings. The highest BCUT2D eigenvalue weighted by Gasteiger charge is 2.22. The van der Waals surface area contributed by atoms with Crippen LogP contribution in [0.15, 0.2) is 18.2 Å². The highest BCUT2D eigenvalue weighted by Crippen LogP contribution is 2.15. The lowest BCUT2D eigenvalue weighted by Crippen LogP contribution is -2.38. The Kier molecular flexibility index (Phi) is 4.61. The molecule has 1 amide bonds. The van der Waals surface area contributed by atoms with E-state index >= 15 is 0 Å². The molecule has 0 aliphatic rings. The first kappa shape index (κ1) is 13.6. The summed E-state index contributed by atoms with van der Waals surface area (Å²) in [6.45, 7) is 6.17. The Hall–Kier alpha value is -1.45. The van der Waals surface area contributed by atoms with Crippen molar-refractivity contribution in [2.45, 2.75) is 33.2 Å². The van der Waals surface area contributed by atoms with Crippen LogP contribution in [0.2, 0.25) is 0 Å². The Morgan fingerprint density at radius 3 is 2.53 bits per heavy atom. The van der Waals surface area contributed by atoms with Crippen LogP contribution in [-0.4, -0.2) is 23.4 Å². The standard InChI is InChI=1S/C13H17F2NO/c1-4-8-16(9(2)3)13(17)10-6-5-7-11(14)12(10)15/h5-7,9H,4,8H2,1-3H3. The molecule has 0 spiro atoms. The first-order chi connectivity index (χ1) is 7.99. The summed E-state index contributed by atoms with van der Waals surface area (Å²) in [6.07, 6.45) is 0.779. The van der Waals surface area contributed by atoms with Gasteiger partial charge in [0.2, 0.25) is 0 Å². The molecule has 1 rings (SSSR count). The Morgan fingerprint density at radius 2 is 2.00 bits per heavy atom. The molecular weight excluding hydrogens is 224 g/mol. The van der Waals surface area contributed by atoms with Crippen LogP contribution in [0.1, 0.15) is 37.6 Å². The fourth-order valence-corrected chi connectivity index (χ4v) is 1.66. The van der Waals surface area contributed by atoms with Gasteiger partial charge in [0.1, 0.15) is 0 Å². The van der Waals surface area contributed by atoms with E-state index in [2.05, 4.69) is 0 Å². The van der Waals surface area contributed by atoms with E-state index in [0.29, 0.717) is 6.54 Å². The fourth-order valence-electron chi connectivity index (χ4n) is 1.66. The molecule has 0 unspecified atom stereocenters. The van der Waals surface area contributed by atoms with Crippen LogP contribution in [0.3, 0.4) is 0 Å². The maximum atomic E-state index is 13.5. The van der Waals surface area contributed by atoms with Crippen molar-refractivity contribution in [2.24, 2.45) is 0 Å². The largest absolute Gasteiger partial charge is 0.336 e. The van der Waals surface area contributed by atoms with Crippen molar-refractivity contribution in [2.75, 3.05) is 6.54 Å². The van der Waals surface area contributed by atoms with E-state index in [1.165, 1.54) is 17.0 Å². The number of nitrogens with zero attached hydrogens (tertiary/aromatic N) is 1. The van der Waals surface area contributed by atoms with E-state index in [9.17, 15) is 13.6 Å². The molecule has 0 bridgehead atoms. The molecule has 0 aliphatic heterocycles. The molecular formula is C13H17F2NO. The molecule has 1 aromatic carbocycles.